The largest absolute Gasteiger partial charge is 0.342 e. The Kier molecular flexibility index (Phi) is 4.04. The summed E-state index contributed by atoms with van der Waals surface area (Å²) in [7, 11) is 0. The highest BCUT2D eigenvalue weighted by Gasteiger charge is 2.34. The minimum absolute atomic E-state index is 0.192. The van der Waals surface area contributed by atoms with Gasteiger partial charge in [-0.25, -0.2) is 0 Å². The number of allylic oxidation sites excluding steroid dienone is 2. The first-order valence-corrected chi connectivity index (χ1v) is 7.76. The standard InChI is InChI=1S/C16H17Cl2NO/c17-14-6-5-11(7-15(14)18)8-16(20)19-9-12-3-1-2-4-13(12)10-19/h1-2,5-7,12-13H,3-4,8-10H2. The molecule has 0 bridgehead atoms. The monoisotopic (exact) mass is 309 g/mol. The smallest absolute Gasteiger partial charge is 0.227 e. The van der Waals surface area contributed by atoms with Crippen molar-refractivity contribution >= 4 is 29.1 Å². The van der Waals surface area contributed by atoms with E-state index in [0.29, 0.717) is 28.3 Å². The fourth-order valence-corrected chi connectivity index (χ4v) is 3.48. The molecular formula is C16H17Cl2NO. The molecule has 1 saturated heterocycles. The minimum atomic E-state index is 0.192. The first-order valence-electron chi connectivity index (χ1n) is 7.00. The van der Waals surface area contributed by atoms with Gasteiger partial charge in [-0.3, -0.25) is 4.79 Å². The highest BCUT2D eigenvalue weighted by atomic mass is 35.5. The summed E-state index contributed by atoms with van der Waals surface area (Å²) in [6.07, 6.45) is 7.12. The van der Waals surface area contributed by atoms with Crippen molar-refractivity contribution in [3.63, 3.8) is 0 Å². The van der Waals surface area contributed by atoms with Crippen molar-refractivity contribution in [3.05, 3.63) is 46.0 Å². The second-order valence-electron chi connectivity index (χ2n) is 5.69. The minimum Gasteiger partial charge on any atom is -0.342 e. The van der Waals surface area contributed by atoms with Gasteiger partial charge in [0.15, 0.2) is 0 Å². The molecule has 1 aliphatic carbocycles. The molecule has 0 saturated carbocycles. The Labute approximate surface area is 129 Å². The molecule has 1 amide bonds. The number of benzene rings is 1. The fourth-order valence-electron chi connectivity index (χ4n) is 3.15. The summed E-state index contributed by atoms with van der Waals surface area (Å²) in [6, 6.07) is 5.41. The van der Waals surface area contributed by atoms with Crippen molar-refractivity contribution in [1.82, 2.24) is 4.90 Å². The van der Waals surface area contributed by atoms with Gasteiger partial charge in [0.05, 0.1) is 16.5 Å². The second kappa shape index (κ2) is 5.79. The van der Waals surface area contributed by atoms with E-state index in [2.05, 4.69) is 12.2 Å². The summed E-state index contributed by atoms with van der Waals surface area (Å²) in [5, 5.41) is 1.04. The molecule has 0 spiro atoms. The van der Waals surface area contributed by atoms with Gasteiger partial charge in [0, 0.05) is 13.1 Å². The molecule has 3 rings (SSSR count). The third kappa shape index (κ3) is 2.87. The van der Waals surface area contributed by atoms with Gasteiger partial charge in [-0.15, -0.1) is 0 Å². The van der Waals surface area contributed by atoms with Gasteiger partial charge in [0.25, 0.3) is 0 Å². The average Bonchev–Trinajstić information content (AvgIpc) is 2.87. The molecule has 1 heterocycles. The molecule has 0 N–H and O–H groups in total. The number of hydrogen-bond acceptors (Lipinski definition) is 1. The van der Waals surface area contributed by atoms with Crippen LogP contribution in [-0.2, 0) is 11.2 Å². The number of halogens is 2. The molecule has 1 aromatic carbocycles. The molecule has 0 radical (unpaired) electrons. The Hall–Kier alpha value is -0.990. The maximum atomic E-state index is 12.4. The van der Waals surface area contributed by atoms with Crippen LogP contribution in [0.2, 0.25) is 10.0 Å². The van der Waals surface area contributed by atoms with E-state index in [4.69, 9.17) is 23.2 Å². The number of rotatable bonds is 2. The van der Waals surface area contributed by atoms with Crippen molar-refractivity contribution in [2.75, 3.05) is 13.1 Å². The van der Waals surface area contributed by atoms with Crippen LogP contribution in [0.4, 0.5) is 0 Å². The zero-order chi connectivity index (χ0) is 14.1. The van der Waals surface area contributed by atoms with E-state index in [1.54, 1.807) is 12.1 Å². The highest BCUT2D eigenvalue weighted by molar-refractivity contribution is 6.42. The lowest BCUT2D eigenvalue weighted by molar-refractivity contribution is -0.129. The first kappa shape index (κ1) is 14.0. The van der Waals surface area contributed by atoms with Crippen LogP contribution in [0.25, 0.3) is 0 Å². The Morgan fingerprint density at radius 2 is 1.75 bits per heavy atom. The molecule has 20 heavy (non-hydrogen) atoms. The Bertz CT molecular complexity index is 539. The maximum absolute atomic E-state index is 12.4. The number of carbonyl (C=O) groups is 1. The molecule has 2 unspecified atom stereocenters. The summed E-state index contributed by atoms with van der Waals surface area (Å²) < 4.78 is 0. The molecule has 2 nitrogen and oxygen atoms in total. The first-order chi connectivity index (χ1) is 9.63. The SMILES string of the molecule is O=C(Cc1ccc(Cl)c(Cl)c1)N1CC2CC=CCC2C1. The van der Waals surface area contributed by atoms with Crippen LogP contribution in [-0.4, -0.2) is 23.9 Å². The Morgan fingerprint density at radius 1 is 1.10 bits per heavy atom. The van der Waals surface area contributed by atoms with Crippen LogP contribution in [0.5, 0.6) is 0 Å². The lowest BCUT2D eigenvalue weighted by Gasteiger charge is -2.17. The third-order valence-corrected chi connectivity index (χ3v) is 5.05. The average molecular weight is 310 g/mol. The van der Waals surface area contributed by atoms with Crippen molar-refractivity contribution in [1.29, 1.82) is 0 Å². The summed E-state index contributed by atoms with van der Waals surface area (Å²) in [5.41, 5.74) is 0.928. The molecule has 1 aliphatic heterocycles. The van der Waals surface area contributed by atoms with E-state index in [0.717, 1.165) is 31.5 Å². The summed E-state index contributed by atoms with van der Waals surface area (Å²) >= 11 is 11.9. The number of amides is 1. The van der Waals surface area contributed by atoms with Crippen molar-refractivity contribution in [2.24, 2.45) is 11.8 Å². The van der Waals surface area contributed by atoms with Crippen LogP contribution < -0.4 is 0 Å². The molecule has 0 aromatic heterocycles. The van der Waals surface area contributed by atoms with Crippen molar-refractivity contribution in [2.45, 2.75) is 19.3 Å². The lowest BCUT2D eigenvalue weighted by Crippen LogP contribution is -2.30. The zero-order valence-corrected chi connectivity index (χ0v) is 12.7. The van der Waals surface area contributed by atoms with E-state index in [1.807, 2.05) is 11.0 Å². The van der Waals surface area contributed by atoms with E-state index in [-0.39, 0.29) is 5.91 Å². The lowest BCUT2D eigenvalue weighted by atomic mass is 9.86. The van der Waals surface area contributed by atoms with E-state index < -0.39 is 0 Å². The third-order valence-electron chi connectivity index (χ3n) is 4.31. The Morgan fingerprint density at radius 3 is 2.35 bits per heavy atom. The molecular weight excluding hydrogens is 293 g/mol. The number of nitrogens with zero attached hydrogens (tertiary/aromatic N) is 1. The number of hydrogen-bond donors (Lipinski definition) is 0. The van der Waals surface area contributed by atoms with Gasteiger partial charge < -0.3 is 4.90 Å². The van der Waals surface area contributed by atoms with Gasteiger partial charge in [-0.05, 0) is 42.4 Å². The summed E-state index contributed by atoms with van der Waals surface area (Å²) in [4.78, 5) is 14.4. The van der Waals surface area contributed by atoms with Crippen LogP contribution in [0.3, 0.4) is 0 Å². The van der Waals surface area contributed by atoms with Crippen LogP contribution in [0.15, 0.2) is 30.4 Å². The van der Waals surface area contributed by atoms with Gasteiger partial charge in [0.2, 0.25) is 5.91 Å². The Balaban J connectivity index is 1.64. The maximum Gasteiger partial charge on any atom is 0.227 e. The predicted octanol–water partition coefficient (Wildman–Crippen LogP) is 3.96. The zero-order valence-electron chi connectivity index (χ0n) is 11.2. The number of carbonyl (C=O) groups excluding carboxylic acids is 1. The predicted molar refractivity (Wildman–Crippen MR) is 82.1 cm³/mol. The van der Waals surface area contributed by atoms with Crippen LogP contribution in [0.1, 0.15) is 18.4 Å². The summed E-state index contributed by atoms with van der Waals surface area (Å²) in [6.45, 7) is 1.80. The van der Waals surface area contributed by atoms with Gasteiger partial charge in [0.1, 0.15) is 0 Å². The topological polar surface area (TPSA) is 20.3 Å². The molecule has 4 heteroatoms. The van der Waals surface area contributed by atoms with E-state index >= 15 is 0 Å². The van der Waals surface area contributed by atoms with Gasteiger partial charge in [-0.2, -0.15) is 0 Å². The van der Waals surface area contributed by atoms with Crippen LogP contribution in [0, 0.1) is 11.8 Å². The normalized spacial score (nSPS) is 24.8. The fraction of sp³-hybridized carbons (Fsp3) is 0.438. The van der Waals surface area contributed by atoms with Gasteiger partial charge in [-0.1, -0.05) is 41.4 Å². The van der Waals surface area contributed by atoms with E-state index in [9.17, 15) is 4.79 Å². The molecule has 1 fully saturated rings. The second-order valence-corrected chi connectivity index (χ2v) is 6.50. The molecule has 106 valence electrons. The van der Waals surface area contributed by atoms with Crippen molar-refractivity contribution in [3.8, 4) is 0 Å². The summed E-state index contributed by atoms with van der Waals surface area (Å²) in [5.74, 6) is 1.49. The van der Waals surface area contributed by atoms with E-state index in [1.165, 1.54) is 0 Å². The molecule has 2 aliphatic rings. The van der Waals surface area contributed by atoms with Crippen molar-refractivity contribution < 1.29 is 4.79 Å². The van der Waals surface area contributed by atoms with Crippen LogP contribution >= 0.6 is 23.2 Å². The quantitative estimate of drug-likeness (QED) is 0.757. The molecule has 2 atom stereocenters. The number of fused-ring (bicyclic) bond motifs is 1. The number of likely N-dealkylation sites (tertiary alicyclic amines) is 1. The van der Waals surface area contributed by atoms with Gasteiger partial charge >= 0.3 is 0 Å². The highest BCUT2D eigenvalue weighted by Crippen LogP contribution is 2.33. The molecule has 1 aromatic rings.